The highest BCUT2D eigenvalue weighted by Crippen LogP contribution is 2.30. The molecular formula is C15H27N3OS. The molecule has 2 unspecified atom stereocenters. The van der Waals surface area contributed by atoms with Gasteiger partial charge in [0.15, 0.2) is 5.13 Å². The first-order valence-corrected chi connectivity index (χ1v) is 8.42. The average Bonchev–Trinajstić information content (AvgIpc) is 2.81. The summed E-state index contributed by atoms with van der Waals surface area (Å²) in [6.07, 6.45) is 2.68. The Morgan fingerprint density at radius 2 is 2.30 bits per heavy atom. The Bertz CT molecular complexity index is 421. The van der Waals surface area contributed by atoms with Gasteiger partial charge in [0.2, 0.25) is 0 Å². The van der Waals surface area contributed by atoms with Crippen molar-refractivity contribution in [2.24, 2.45) is 5.92 Å². The molecule has 0 spiro atoms. The average molecular weight is 297 g/mol. The summed E-state index contributed by atoms with van der Waals surface area (Å²) in [5, 5.41) is 4.62. The molecule has 5 heteroatoms. The molecule has 1 aromatic heterocycles. The first kappa shape index (κ1) is 15.7. The fourth-order valence-electron chi connectivity index (χ4n) is 2.61. The lowest BCUT2D eigenvalue weighted by atomic mass is 9.96. The monoisotopic (exact) mass is 297 g/mol. The van der Waals surface area contributed by atoms with Crippen LogP contribution in [0, 0.1) is 12.8 Å². The predicted octanol–water partition coefficient (Wildman–Crippen LogP) is 2.81. The van der Waals surface area contributed by atoms with Crippen molar-refractivity contribution in [2.75, 3.05) is 31.6 Å². The lowest BCUT2D eigenvalue weighted by molar-refractivity contribution is 0.0498. The lowest BCUT2D eigenvalue weighted by Gasteiger charge is -2.36. The molecule has 1 aliphatic heterocycles. The number of anilines is 1. The van der Waals surface area contributed by atoms with E-state index in [0.717, 1.165) is 31.3 Å². The van der Waals surface area contributed by atoms with E-state index in [0.29, 0.717) is 12.0 Å². The van der Waals surface area contributed by atoms with Crippen molar-refractivity contribution >= 4 is 16.5 Å². The van der Waals surface area contributed by atoms with Crippen LogP contribution in [0.3, 0.4) is 0 Å². The number of thiazole rings is 1. The molecule has 0 amide bonds. The number of nitrogens with one attached hydrogen (secondary N) is 1. The van der Waals surface area contributed by atoms with E-state index in [4.69, 9.17) is 9.72 Å². The number of hydrogen-bond acceptors (Lipinski definition) is 5. The Labute approximate surface area is 126 Å². The quantitative estimate of drug-likeness (QED) is 0.819. The molecule has 1 fully saturated rings. The number of ether oxygens (including phenoxy) is 1. The molecule has 0 aromatic carbocycles. The van der Waals surface area contributed by atoms with Crippen molar-refractivity contribution < 1.29 is 4.74 Å². The molecule has 4 nitrogen and oxygen atoms in total. The number of rotatable bonds is 6. The lowest BCUT2D eigenvalue weighted by Crippen LogP contribution is -2.43. The van der Waals surface area contributed by atoms with Crippen LogP contribution in [0.25, 0.3) is 0 Å². The van der Waals surface area contributed by atoms with Gasteiger partial charge in [-0.1, -0.05) is 13.8 Å². The fourth-order valence-corrected chi connectivity index (χ4v) is 3.67. The van der Waals surface area contributed by atoms with Gasteiger partial charge < -0.3 is 15.0 Å². The van der Waals surface area contributed by atoms with Crippen LogP contribution in [0.5, 0.6) is 0 Å². The first-order chi connectivity index (χ1) is 9.65. The van der Waals surface area contributed by atoms with Crippen LogP contribution in [0.2, 0.25) is 0 Å². The number of nitrogens with zero attached hydrogens (tertiary/aromatic N) is 2. The van der Waals surface area contributed by atoms with Crippen LogP contribution in [0.15, 0.2) is 0 Å². The van der Waals surface area contributed by atoms with Crippen LogP contribution in [-0.2, 0) is 11.3 Å². The molecule has 2 atom stereocenters. The van der Waals surface area contributed by atoms with Gasteiger partial charge in [-0.25, -0.2) is 4.98 Å². The van der Waals surface area contributed by atoms with Crippen LogP contribution < -0.4 is 10.2 Å². The zero-order chi connectivity index (χ0) is 14.5. The van der Waals surface area contributed by atoms with Gasteiger partial charge in [0, 0.05) is 31.6 Å². The van der Waals surface area contributed by atoms with Gasteiger partial charge in [-0.2, -0.15) is 0 Å². The highest BCUT2D eigenvalue weighted by atomic mass is 32.1. The molecule has 0 radical (unpaired) electrons. The zero-order valence-electron chi connectivity index (χ0n) is 13.1. The molecule has 0 saturated carbocycles. The second kappa shape index (κ2) is 7.38. The molecule has 1 aromatic rings. The third kappa shape index (κ3) is 3.71. The molecule has 20 heavy (non-hydrogen) atoms. The van der Waals surface area contributed by atoms with Crippen LogP contribution in [0.4, 0.5) is 5.13 Å². The Morgan fingerprint density at radius 3 is 3.00 bits per heavy atom. The SMILES string of the molecule is CCCNCc1sc(N2CCC(C)C(OC)C2)nc1C. The van der Waals surface area contributed by atoms with E-state index < -0.39 is 0 Å². The van der Waals surface area contributed by atoms with E-state index in [9.17, 15) is 0 Å². The van der Waals surface area contributed by atoms with Crippen molar-refractivity contribution in [3.8, 4) is 0 Å². The summed E-state index contributed by atoms with van der Waals surface area (Å²) in [6, 6.07) is 0. The Kier molecular flexibility index (Phi) is 5.81. The summed E-state index contributed by atoms with van der Waals surface area (Å²) < 4.78 is 5.59. The van der Waals surface area contributed by atoms with Crippen molar-refractivity contribution in [1.82, 2.24) is 10.3 Å². The minimum absolute atomic E-state index is 0.328. The summed E-state index contributed by atoms with van der Waals surface area (Å²) in [6.45, 7) is 10.6. The maximum absolute atomic E-state index is 5.59. The molecule has 2 heterocycles. The normalized spacial score (nSPS) is 23.3. The molecule has 1 aliphatic rings. The first-order valence-electron chi connectivity index (χ1n) is 7.60. The molecule has 1 N–H and O–H groups in total. The number of hydrogen-bond donors (Lipinski definition) is 1. The van der Waals surface area contributed by atoms with Crippen molar-refractivity contribution in [1.29, 1.82) is 0 Å². The van der Waals surface area contributed by atoms with Gasteiger partial charge in [0.05, 0.1) is 11.8 Å². The summed E-state index contributed by atoms with van der Waals surface area (Å²) >= 11 is 1.83. The number of aryl methyl sites for hydroxylation is 1. The Balaban J connectivity index is 2.00. The topological polar surface area (TPSA) is 37.4 Å². The highest BCUT2D eigenvalue weighted by molar-refractivity contribution is 7.15. The van der Waals surface area contributed by atoms with Crippen molar-refractivity contribution in [3.63, 3.8) is 0 Å². The standard InChI is InChI=1S/C15H27N3OS/c1-5-7-16-9-14-12(3)17-15(20-14)18-8-6-11(2)13(10-18)19-4/h11,13,16H,5-10H2,1-4H3. The maximum atomic E-state index is 5.59. The number of methoxy groups -OCH3 is 1. The Hall–Kier alpha value is -0.650. The summed E-state index contributed by atoms with van der Waals surface area (Å²) in [5.41, 5.74) is 1.17. The van der Waals surface area contributed by atoms with Crippen LogP contribution >= 0.6 is 11.3 Å². The molecule has 1 saturated heterocycles. The van der Waals surface area contributed by atoms with E-state index in [1.165, 1.54) is 23.4 Å². The van der Waals surface area contributed by atoms with Gasteiger partial charge in [0.25, 0.3) is 0 Å². The van der Waals surface area contributed by atoms with Crippen LogP contribution in [-0.4, -0.2) is 37.8 Å². The molecular weight excluding hydrogens is 270 g/mol. The molecule has 0 bridgehead atoms. The van der Waals surface area contributed by atoms with Gasteiger partial charge in [-0.15, -0.1) is 11.3 Å². The largest absolute Gasteiger partial charge is 0.379 e. The van der Waals surface area contributed by atoms with E-state index in [1.54, 1.807) is 0 Å². The van der Waals surface area contributed by atoms with E-state index >= 15 is 0 Å². The summed E-state index contributed by atoms with van der Waals surface area (Å²) in [7, 11) is 1.82. The summed E-state index contributed by atoms with van der Waals surface area (Å²) in [4.78, 5) is 8.50. The second-order valence-corrected chi connectivity index (χ2v) is 6.73. The summed E-state index contributed by atoms with van der Waals surface area (Å²) in [5.74, 6) is 0.642. The minimum Gasteiger partial charge on any atom is -0.379 e. The maximum Gasteiger partial charge on any atom is 0.185 e. The van der Waals surface area contributed by atoms with Crippen molar-refractivity contribution in [3.05, 3.63) is 10.6 Å². The van der Waals surface area contributed by atoms with Gasteiger partial charge in [0.1, 0.15) is 0 Å². The van der Waals surface area contributed by atoms with Crippen molar-refractivity contribution in [2.45, 2.75) is 46.3 Å². The molecule has 114 valence electrons. The molecule has 0 aliphatic carbocycles. The van der Waals surface area contributed by atoms with E-state index in [1.807, 2.05) is 18.4 Å². The molecule has 2 rings (SSSR count). The van der Waals surface area contributed by atoms with E-state index in [-0.39, 0.29) is 0 Å². The third-order valence-electron chi connectivity index (χ3n) is 4.06. The predicted molar refractivity (Wildman–Crippen MR) is 85.6 cm³/mol. The third-order valence-corrected chi connectivity index (χ3v) is 5.27. The number of piperidine rings is 1. The Morgan fingerprint density at radius 1 is 1.50 bits per heavy atom. The second-order valence-electron chi connectivity index (χ2n) is 5.67. The van der Waals surface area contributed by atoms with Gasteiger partial charge in [-0.3, -0.25) is 0 Å². The van der Waals surface area contributed by atoms with Gasteiger partial charge in [-0.05, 0) is 32.2 Å². The van der Waals surface area contributed by atoms with Gasteiger partial charge >= 0.3 is 0 Å². The fraction of sp³-hybridized carbons (Fsp3) is 0.800. The minimum atomic E-state index is 0.328. The highest BCUT2D eigenvalue weighted by Gasteiger charge is 2.27. The number of aromatic nitrogens is 1. The van der Waals surface area contributed by atoms with Crippen LogP contribution in [0.1, 0.15) is 37.3 Å². The van der Waals surface area contributed by atoms with E-state index in [2.05, 4.69) is 31.0 Å². The smallest absolute Gasteiger partial charge is 0.185 e. The zero-order valence-corrected chi connectivity index (χ0v) is 13.9.